The quantitative estimate of drug-likeness (QED) is 0.867. The fraction of sp³-hybridized carbons (Fsp3) is 0.267. The molecule has 0 radical (unpaired) electrons. The Labute approximate surface area is 107 Å². The third kappa shape index (κ3) is 2.68. The lowest BCUT2D eigenvalue weighted by molar-refractivity contribution is 0.0916. The summed E-state index contributed by atoms with van der Waals surface area (Å²) in [5, 5.41) is 5.12. The van der Waals surface area contributed by atoms with Crippen molar-refractivity contribution in [3.63, 3.8) is 0 Å². The maximum absolute atomic E-state index is 12.1. The predicted octanol–water partition coefficient (Wildman–Crippen LogP) is 2.31. The lowest BCUT2D eigenvalue weighted by Crippen LogP contribution is -2.48. The average molecular weight is 242 g/mol. The number of benzene rings is 2. The Morgan fingerprint density at radius 3 is 2.50 bits per heavy atom. The van der Waals surface area contributed by atoms with E-state index in [1.807, 2.05) is 56.3 Å². The largest absolute Gasteiger partial charge is 0.346 e. The Balaban J connectivity index is 2.28. The van der Waals surface area contributed by atoms with Crippen LogP contribution in [0.15, 0.2) is 42.5 Å². The van der Waals surface area contributed by atoms with Crippen molar-refractivity contribution in [2.45, 2.75) is 19.4 Å². The molecule has 18 heavy (non-hydrogen) atoms. The Kier molecular flexibility index (Phi) is 3.34. The molecule has 94 valence electrons. The molecule has 0 unspecified atom stereocenters. The van der Waals surface area contributed by atoms with Crippen LogP contribution in [0, 0.1) is 0 Å². The van der Waals surface area contributed by atoms with Crippen LogP contribution in [0.5, 0.6) is 0 Å². The number of nitrogens with one attached hydrogen (secondary N) is 1. The number of rotatable bonds is 3. The maximum atomic E-state index is 12.1. The normalized spacial score (nSPS) is 11.5. The van der Waals surface area contributed by atoms with E-state index in [0.29, 0.717) is 12.1 Å². The summed E-state index contributed by atoms with van der Waals surface area (Å²) >= 11 is 0. The van der Waals surface area contributed by atoms with Gasteiger partial charge >= 0.3 is 0 Å². The Morgan fingerprint density at radius 1 is 1.17 bits per heavy atom. The highest BCUT2D eigenvalue weighted by Crippen LogP contribution is 2.16. The zero-order valence-corrected chi connectivity index (χ0v) is 10.7. The molecule has 2 aromatic rings. The van der Waals surface area contributed by atoms with Crippen molar-refractivity contribution in [2.24, 2.45) is 5.73 Å². The van der Waals surface area contributed by atoms with E-state index in [2.05, 4.69) is 5.32 Å². The van der Waals surface area contributed by atoms with Gasteiger partial charge in [0.05, 0.1) is 0 Å². The van der Waals surface area contributed by atoms with Gasteiger partial charge in [-0.1, -0.05) is 30.3 Å². The van der Waals surface area contributed by atoms with Gasteiger partial charge in [-0.3, -0.25) is 4.79 Å². The monoisotopic (exact) mass is 242 g/mol. The molecule has 3 heteroatoms. The van der Waals surface area contributed by atoms with Crippen molar-refractivity contribution < 1.29 is 4.79 Å². The van der Waals surface area contributed by atoms with Crippen LogP contribution in [0.3, 0.4) is 0 Å². The third-order valence-corrected chi connectivity index (χ3v) is 2.97. The zero-order valence-electron chi connectivity index (χ0n) is 10.7. The van der Waals surface area contributed by atoms with Crippen LogP contribution in [-0.4, -0.2) is 18.0 Å². The van der Waals surface area contributed by atoms with E-state index in [9.17, 15) is 4.79 Å². The minimum Gasteiger partial charge on any atom is -0.346 e. The number of carbonyl (C=O) groups is 1. The smallest absolute Gasteiger partial charge is 0.251 e. The summed E-state index contributed by atoms with van der Waals surface area (Å²) in [5.74, 6) is -0.0868. The van der Waals surface area contributed by atoms with Crippen LogP contribution >= 0.6 is 0 Å². The summed E-state index contributed by atoms with van der Waals surface area (Å²) < 4.78 is 0. The second-order valence-corrected chi connectivity index (χ2v) is 5.10. The molecule has 3 nitrogen and oxygen atoms in total. The minimum absolute atomic E-state index is 0.0868. The van der Waals surface area contributed by atoms with Crippen molar-refractivity contribution in [3.8, 4) is 0 Å². The van der Waals surface area contributed by atoms with Crippen LogP contribution < -0.4 is 11.1 Å². The van der Waals surface area contributed by atoms with E-state index < -0.39 is 0 Å². The van der Waals surface area contributed by atoms with E-state index in [0.717, 1.165) is 10.8 Å². The Bertz CT molecular complexity index is 575. The first-order valence-corrected chi connectivity index (χ1v) is 6.03. The fourth-order valence-corrected chi connectivity index (χ4v) is 1.76. The van der Waals surface area contributed by atoms with Crippen LogP contribution in [0.25, 0.3) is 10.8 Å². The van der Waals surface area contributed by atoms with Crippen LogP contribution in [0.4, 0.5) is 0 Å². The summed E-state index contributed by atoms with van der Waals surface area (Å²) in [4.78, 5) is 12.1. The Morgan fingerprint density at radius 2 is 1.83 bits per heavy atom. The van der Waals surface area contributed by atoms with Crippen LogP contribution in [-0.2, 0) is 0 Å². The molecule has 0 saturated carbocycles. The highest BCUT2D eigenvalue weighted by molar-refractivity contribution is 5.98. The molecule has 0 heterocycles. The zero-order chi connectivity index (χ0) is 13.2. The number of amides is 1. The summed E-state index contributed by atoms with van der Waals surface area (Å²) in [7, 11) is 0. The van der Waals surface area contributed by atoms with Crippen molar-refractivity contribution in [2.75, 3.05) is 6.54 Å². The van der Waals surface area contributed by atoms with Crippen molar-refractivity contribution in [1.82, 2.24) is 5.32 Å². The van der Waals surface area contributed by atoms with Gasteiger partial charge in [-0.15, -0.1) is 0 Å². The molecule has 3 N–H and O–H groups in total. The second kappa shape index (κ2) is 4.78. The molecule has 1 amide bonds. The fourth-order valence-electron chi connectivity index (χ4n) is 1.76. The molecular formula is C15H18N2O. The molecule has 2 rings (SSSR count). The Hall–Kier alpha value is -1.87. The summed E-state index contributed by atoms with van der Waals surface area (Å²) in [6.07, 6.45) is 0. The van der Waals surface area contributed by atoms with E-state index in [1.165, 1.54) is 0 Å². The number of fused-ring (bicyclic) bond motifs is 1. The molecule has 0 bridgehead atoms. The molecule has 2 aromatic carbocycles. The first-order chi connectivity index (χ1) is 8.52. The number of nitrogens with two attached hydrogens (primary N) is 1. The number of carbonyl (C=O) groups excluding carboxylic acids is 1. The molecule has 0 fully saturated rings. The first kappa shape index (κ1) is 12.6. The van der Waals surface area contributed by atoms with Crippen LogP contribution in [0.1, 0.15) is 24.2 Å². The summed E-state index contributed by atoms with van der Waals surface area (Å²) in [6, 6.07) is 13.7. The van der Waals surface area contributed by atoms with Crippen molar-refractivity contribution in [1.29, 1.82) is 0 Å². The average Bonchev–Trinajstić information content (AvgIpc) is 2.37. The molecule has 0 atom stereocenters. The lowest BCUT2D eigenvalue weighted by atomic mass is 10.0. The van der Waals surface area contributed by atoms with E-state index in [4.69, 9.17) is 5.73 Å². The van der Waals surface area contributed by atoms with Crippen molar-refractivity contribution in [3.05, 3.63) is 48.0 Å². The first-order valence-electron chi connectivity index (χ1n) is 6.03. The molecule has 0 aliphatic heterocycles. The minimum atomic E-state index is -0.386. The topological polar surface area (TPSA) is 55.1 Å². The van der Waals surface area contributed by atoms with Gasteiger partial charge in [0, 0.05) is 17.6 Å². The predicted molar refractivity (Wildman–Crippen MR) is 74.5 cm³/mol. The molecule has 0 spiro atoms. The van der Waals surface area contributed by atoms with Gasteiger partial charge < -0.3 is 11.1 Å². The van der Waals surface area contributed by atoms with Gasteiger partial charge in [0.1, 0.15) is 0 Å². The molecule has 0 aliphatic carbocycles. The van der Waals surface area contributed by atoms with Gasteiger partial charge in [0.2, 0.25) is 0 Å². The van der Waals surface area contributed by atoms with Gasteiger partial charge in [-0.2, -0.15) is 0 Å². The van der Waals surface area contributed by atoms with Gasteiger partial charge in [-0.25, -0.2) is 0 Å². The molecule has 0 aromatic heterocycles. The molecule has 0 aliphatic rings. The number of hydrogen-bond acceptors (Lipinski definition) is 2. The van der Waals surface area contributed by atoms with E-state index in [-0.39, 0.29) is 11.4 Å². The van der Waals surface area contributed by atoms with E-state index >= 15 is 0 Å². The summed E-state index contributed by atoms with van der Waals surface area (Å²) in [5.41, 5.74) is 5.88. The SMILES string of the molecule is CC(C)(CN)NC(=O)c1ccc2ccccc2c1. The van der Waals surface area contributed by atoms with Gasteiger partial charge in [0.25, 0.3) is 5.91 Å². The lowest BCUT2D eigenvalue weighted by Gasteiger charge is -2.24. The number of hydrogen-bond donors (Lipinski definition) is 2. The molecule has 0 saturated heterocycles. The highest BCUT2D eigenvalue weighted by atomic mass is 16.1. The standard InChI is InChI=1S/C15H18N2O/c1-15(2,10-16)17-14(18)13-8-7-11-5-3-4-6-12(11)9-13/h3-9H,10,16H2,1-2H3,(H,17,18). The highest BCUT2D eigenvalue weighted by Gasteiger charge is 2.19. The third-order valence-electron chi connectivity index (χ3n) is 2.97. The van der Waals surface area contributed by atoms with Crippen molar-refractivity contribution >= 4 is 16.7 Å². The van der Waals surface area contributed by atoms with E-state index in [1.54, 1.807) is 0 Å². The second-order valence-electron chi connectivity index (χ2n) is 5.10. The van der Waals surface area contributed by atoms with Crippen LogP contribution in [0.2, 0.25) is 0 Å². The van der Waals surface area contributed by atoms with Gasteiger partial charge in [0.15, 0.2) is 0 Å². The molecular weight excluding hydrogens is 224 g/mol. The maximum Gasteiger partial charge on any atom is 0.251 e. The van der Waals surface area contributed by atoms with Gasteiger partial charge in [-0.05, 0) is 36.8 Å². The summed E-state index contributed by atoms with van der Waals surface area (Å²) in [6.45, 7) is 4.23.